The van der Waals surface area contributed by atoms with E-state index in [0.29, 0.717) is 5.92 Å². The van der Waals surface area contributed by atoms with Crippen LogP contribution < -0.4 is 10.6 Å². The van der Waals surface area contributed by atoms with E-state index in [1.165, 1.54) is 12.8 Å². The van der Waals surface area contributed by atoms with Crippen molar-refractivity contribution in [1.82, 2.24) is 4.98 Å². The van der Waals surface area contributed by atoms with Crippen LogP contribution in [0.4, 0.5) is 11.5 Å². The topological polar surface area (TPSA) is 51.4 Å². The number of halogens is 1. The average Bonchev–Trinajstić information content (AvgIpc) is 2.37. The van der Waals surface area contributed by atoms with Crippen LogP contribution in [0.1, 0.15) is 18.4 Å². The predicted molar refractivity (Wildman–Crippen MR) is 77.9 cm³/mol. The molecule has 1 saturated heterocycles. The van der Waals surface area contributed by atoms with Crippen LogP contribution in [-0.4, -0.2) is 31.8 Å². The highest BCUT2D eigenvalue weighted by Crippen LogP contribution is 2.32. The van der Waals surface area contributed by atoms with E-state index < -0.39 is 0 Å². The minimum absolute atomic E-state index is 0.593. The van der Waals surface area contributed by atoms with Gasteiger partial charge in [0.05, 0.1) is 23.0 Å². The number of nitrogen functional groups attached to an aromatic ring is 1. The second-order valence-corrected chi connectivity index (χ2v) is 5.68. The normalized spacial score (nSPS) is 20.2. The summed E-state index contributed by atoms with van der Waals surface area (Å²) in [6.45, 7) is 4.89. The van der Waals surface area contributed by atoms with Gasteiger partial charge in [0.1, 0.15) is 5.82 Å². The van der Waals surface area contributed by atoms with Crippen LogP contribution in [0.15, 0.2) is 10.7 Å². The number of rotatable bonds is 3. The third kappa shape index (κ3) is 2.78. The number of pyridine rings is 1. The molecule has 0 saturated carbocycles. The Labute approximate surface area is 117 Å². The number of nitrogens with two attached hydrogens (primary N) is 1. The highest BCUT2D eigenvalue weighted by Gasteiger charge is 2.23. The van der Waals surface area contributed by atoms with Gasteiger partial charge in [-0.1, -0.05) is 0 Å². The Morgan fingerprint density at radius 1 is 1.61 bits per heavy atom. The highest BCUT2D eigenvalue weighted by atomic mass is 79.9. The lowest BCUT2D eigenvalue weighted by Crippen LogP contribution is -2.37. The lowest BCUT2D eigenvalue weighted by molar-refractivity contribution is 0.143. The van der Waals surface area contributed by atoms with Crippen LogP contribution in [0.2, 0.25) is 0 Å². The van der Waals surface area contributed by atoms with E-state index in [1.54, 1.807) is 13.3 Å². The molecule has 0 radical (unpaired) electrons. The first kappa shape index (κ1) is 13.6. The van der Waals surface area contributed by atoms with E-state index in [9.17, 15) is 0 Å². The number of nitrogens with zero attached hydrogens (tertiary/aromatic N) is 2. The molecule has 5 heteroatoms. The second-order valence-electron chi connectivity index (χ2n) is 4.89. The zero-order valence-electron chi connectivity index (χ0n) is 10.9. The van der Waals surface area contributed by atoms with Crippen molar-refractivity contribution in [3.63, 3.8) is 0 Å². The number of aromatic nitrogens is 1. The van der Waals surface area contributed by atoms with Crippen molar-refractivity contribution in [2.75, 3.05) is 37.4 Å². The van der Waals surface area contributed by atoms with Gasteiger partial charge in [-0.15, -0.1) is 0 Å². The Hall–Kier alpha value is -0.810. The molecule has 1 aliphatic heterocycles. The van der Waals surface area contributed by atoms with Gasteiger partial charge in [-0.2, -0.15) is 0 Å². The van der Waals surface area contributed by atoms with Gasteiger partial charge >= 0.3 is 0 Å². The van der Waals surface area contributed by atoms with Gasteiger partial charge in [0.25, 0.3) is 0 Å². The molecule has 4 nitrogen and oxygen atoms in total. The minimum Gasteiger partial charge on any atom is -0.397 e. The zero-order chi connectivity index (χ0) is 13.1. The molecule has 100 valence electrons. The van der Waals surface area contributed by atoms with Crippen LogP contribution >= 0.6 is 15.9 Å². The Morgan fingerprint density at radius 3 is 3.11 bits per heavy atom. The van der Waals surface area contributed by atoms with Crippen molar-refractivity contribution >= 4 is 27.4 Å². The minimum atomic E-state index is 0.593. The van der Waals surface area contributed by atoms with Gasteiger partial charge in [-0.25, -0.2) is 4.98 Å². The summed E-state index contributed by atoms with van der Waals surface area (Å²) in [5.74, 6) is 1.60. The van der Waals surface area contributed by atoms with E-state index in [0.717, 1.165) is 41.2 Å². The molecule has 1 aliphatic rings. The molecule has 1 aromatic heterocycles. The van der Waals surface area contributed by atoms with Crippen LogP contribution in [0.3, 0.4) is 0 Å². The Bertz CT molecular complexity index is 423. The molecule has 1 fully saturated rings. The van der Waals surface area contributed by atoms with Crippen molar-refractivity contribution < 1.29 is 4.74 Å². The first-order valence-corrected chi connectivity index (χ1v) is 7.07. The fourth-order valence-corrected chi connectivity index (χ4v) is 3.01. The molecule has 0 amide bonds. The van der Waals surface area contributed by atoms with Gasteiger partial charge in [-0.3, -0.25) is 0 Å². The van der Waals surface area contributed by atoms with Gasteiger partial charge in [0.2, 0.25) is 0 Å². The number of ether oxygens (including phenoxy) is 1. The van der Waals surface area contributed by atoms with E-state index in [1.807, 2.05) is 6.92 Å². The second kappa shape index (κ2) is 5.89. The lowest BCUT2D eigenvalue weighted by atomic mass is 9.99. The maximum Gasteiger partial charge on any atom is 0.143 e. The fourth-order valence-electron chi connectivity index (χ4n) is 2.43. The third-order valence-corrected chi connectivity index (χ3v) is 4.45. The van der Waals surface area contributed by atoms with E-state index in [-0.39, 0.29) is 0 Å². The summed E-state index contributed by atoms with van der Waals surface area (Å²) in [7, 11) is 1.76. The summed E-state index contributed by atoms with van der Waals surface area (Å²) in [6.07, 6.45) is 4.16. The van der Waals surface area contributed by atoms with Gasteiger partial charge < -0.3 is 15.4 Å². The van der Waals surface area contributed by atoms with Crippen LogP contribution in [-0.2, 0) is 4.74 Å². The largest absolute Gasteiger partial charge is 0.397 e. The first-order valence-electron chi connectivity index (χ1n) is 6.28. The van der Waals surface area contributed by atoms with Crippen LogP contribution in [0.25, 0.3) is 0 Å². The lowest BCUT2D eigenvalue weighted by Gasteiger charge is -2.34. The maximum atomic E-state index is 5.86. The molecular weight excluding hydrogens is 294 g/mol. The number of anilines is 2. The standard InChI is InChI=1S/C13H20BrN3O/c1-9-11(15)6-16-13(12(9)14)17-5-3-4-10(7-17)8-18-2/h6,10H,3-5,7-8,15H2,1-2H3. The van der Waals surface area contributed by atoms with Gasteiger partial charge in [-0.05, 0) is 47.2 Å². The number of hydrogen-bond donors (Lipinski definition) is 1. The average molecular weight is 314 g/mol. The quantitative estimate of drug-likeness (QED) is 0.932. The number of methoxy groups -OCH3 is 1. The van der Waals surface area contributed by atoms with E-state index in [4.69, 9.17) is 10.5 Å². The number of piperidine rings is 1. The summed E-state index contributed by atoms with van der Waals surface area (Å²) >= 11 is 3.61. The molecule has 1 atom stereocenters. The molecule has 0 aliphatic carbocycles. The summed E-state index contributed by atoms with van der Waals surface area (Å²) in [5, 5.41) is 0. The fraction of sp³-hybridized carbons (Fsp3) is 0.615. The van der Waals surface area contributed by atoms with Crippen LogP contribution in [0, 0.1) is 12.8 Å². The molecule has 2 heterocycles. The molecule has 0 spiro atoms. The molecule has 0 aromatic carbocycles. The van der Waals surface area contributed by atoms with Crippen molar-refractivity contribution in [1.29, 1.82) is 0 Å². The number of hydrogen-bond acceptors (Lipinski definition) is 4. The van der Waals surface area contributed by atoms with Gasteiger partial charge in [0.15, 0.2) is 0 Å². The summed E-state index contributed by atoms with van der Waals surface area (Å²) < 4.78 is 6.27. The molecule has 0 bridgehead atoms. The smallest absolute Gasteiger partial charge is 0.143 e. The Balaban J connectivity index is 2.18. The third-order valence-electron chi connectivity index (χ3n) is 3.51. The molecule has 1 aromatic rings. The molecular formula is C13H20BrN3O. The van der Waals surface area contributed by atoms with E-state index >= 15 is 0 Å². The van der Waals surface area contributed by atoms with Crippen molar-refractivity contribution in [2.45, 2.75) is 19.8 Å². The Kier molecular flexibility index (Phi) is 4.45. The predicted octanol–water partition coefficient (Wildman–Crippen LogP) is 2.60. The van der Waals surface area contributed by atoms with Crippen molar-refractivity contribution in [3.05, 3.63) is 16.2 Å². The summed E-state index contributed by atoms with van der Waals surface area (Å²) in [5.41, 5.74) is 7.66. The summed E-state index contributed by atoms with van der Waals surface area (Å²) in [6, 6.07) is 0. The van der Waals surface area contributed by atoms with Gasteiger partial charge in [0, 0.05) is 20.2 Å². The monoisotopic (exact) mass is 313 g/mol. The van der Waals surface area contributed by atoms with Crippen molar-refractivity contribution in [2.24, 2.45) is 5.92 Å². The van der Waals surface area contributed by atoms with Crippen molar-refractivity contribution in [3.8, 4) is 0 Å². The molecule has 18 heavy (non-hydrogen) atoms. The zero-order valence-corrected chi connectivity index (χ0v) is 12.5. The maximum absolute atomic E-state index is 5.86. The first-order chi connectivity index (χ1) is 8.63. The SMILES string of the molecule is COCC1CCCN(c2ncc(N)c(C)c2Br)C1. The van der Waals surface area contributed by atoms with E-state index in [2.05, 4.69) is 25.8 Å². The molecule has 2 rings (SSSR count). The molecule has 1 unspecified atom stereocenters. The summed E-state index contributed by atoms with van der Waals surface area (Å²) in [4.78, 5) is 6.79. The van der Waals surface area contributed by atoms with Crippen LogP contribution in [0.5, 0.6) is 0 Å². The Morgan fingerprint density at radius 2 is 2.39 bits per heavy atom. The highest BCUT2D eigenvalue weighted by molar-refractivity contribution is 9.10. The molecule has 2 N–H and O–H groups in total.